The second kappa shape index (κ2) is 12.0. The molecule has 0 spiro atoms. The van der Waals surface area contributed by atoms with Crippen LogP contribution >= 0.6 is 0 Å². The highest BCUT2D eigenvalue weighted by Gasteiger charge is 2.52. The molecule has 0 aliphatic heterocycles. The van der Waals surface area contributed by atoms with Gasteiger partial charge >= 0.3 is 9.05 Å². The predicted molar refractivity (Wildman–Crippen MR) is 61.5 cm³/mol. The molecule has 0 radical (unpaired) electrons. The van der Waals surface area contributed by atoms with Crippen LogP contribution in [0.15, 0.2) is 0 Å². The Morgan fingerprint density at radius 2 is 1.28 bits per heavy atom. The SMILES string of the molecule is CCOO[Si](OCCCO)(OOCC)OOCC. The lowest BCUT2D eigenvalue weighted by Gasteiger charge is -2.23. The number of rotatable bonds is 13. The molecule has 0 rings (SSSR count). The van der Waals surface area contributed by atoms with Crippen LogP contribution in [0.4, 0.5) is 0 Å². The van der Waals surface area contributed by atoms with Gasteiger partial charge in [0, 0.05) is 13.2 Å². The van der Waals surface area contributed by atoms with Crippen LogP contribution in [-0.4, -0.2) is 47.2 Å². The van der Waals surface area contributed by atoms with E-state index >= 15 is 0 Å². The molecule has 0 unspecified atom stereocenters. The quantitative estimate of drug-likeness (QED) is 0.229. The molecule has 0 saturated carbocycles. The predicted octanol–water partition coefficient (Wildman–Crippen LogP) is 0.725. The van der Waals surface area contributed by atoms with Gasteiger partial charge in [0.2, 0.25) is 0 Å². The van der Waals surface area contributed by atoms with E-state index in [0.717, 1.165) is 0 Å². The molecule has 0 amide bonds. The molecule has 0 bridgehead atoms. The molecule has 110 valence electrons. The number of aliphatic hydroxyl groups excluding tert-OH is 1. The monoisotopic (exact) mass is 286 g/mol. The van der Waals surface area contributed by atoms with Gasteiger partial charge in [0.15, 0.2) is 0 Å². The molecule has 0 aliphatic carbocycles. The molecule has 0 aromatic heterocycles. The lowest BCUT2D eigenvalue weighted by molar-refractivity contribution is -0.385. The van der Waals surface area contributed by atoms with Crippen molar-refractivity contribution < 1.29 is 37.9 Å². The van der Waals surface area contributed by atoms with E-state index in [-0.39, 0.29) is 33.0 Å². The van der Waals surface area contributed by atoms with E-state index < -0.39 is 9.05 Å². The van der Waals surface area contributed by atoms with Crippen molar-refractivity contribution in [3.63, 3.8) is 0 Å². The van der Waals surface area contributed by atoms with Gasteiger partial charge in [-0.25, -0.2) is 14.7 Å². The van der Waals surface area contributed by atoms with Gasteiger partial charge in [0.25, 0.3) is 0 Å². The molecule has 0 atom stereocenters. The minimum atomic E-state index is -3.67. The average molecular weight is 286 g/mol. The topological polar surface area (TPSA) is 84.8 Å². The summed E-state index contributed by atoms with van der Waals surface area (Å²) in [5.41, 5.74) is 0. The lowest BCUT2D eigenvalue weighted by atomic mass is 10.5. The first kappa shape index (κ1) is 17.9. The van der Waals surface area contributed by atoms with Crippen LogP contribution in [0.1, 0.15) is 27.2 Å². The highest BCUT2D eigenvalue weighted by molar-refractivity contribution is 6.52. The summed E-state index contributed by atoms with van der Waals surface area (Å²) in [5.74, 6) is 0. The standard InChI is InChI=1S/C9H22O8Si/c1-4-11-15-18(16-12-5-2,17-13-6-3)14-9-7-8-10/h10H,4-9H2,1-3H3. The van der Waals surface area contributed by atoms with Gasteiger partial charge in [0.1, 0.15) is 0 Å². The van der Waals surface area contributed by atoms with Crippen LogP contribution in [0.25, 0.3) is 0 Å². The molecule has 1 N–H and O–H groups in total. The highest BCUT2D eigenvalue weighted by atomic mass is 28.4. The Morgan fingerprint density at radius 1 is 0.833 bits per heavy atom. The first-order valence-electron chi connectivity index (χ1n) is 5.91. The molecule has 9 heteroatoms. The molecular weight excluding hydrogens is 264 g/mol. The Balaban J connectivity index is 4.41. The van der Waals surface area contributed by atoms with Gasteiger partial charge in [-0.15, -0.1) is 0 Å². The maximum Gasteiger partial charge on any atom is 0.764 e. The lowest BCUT2D eigenvalue weighted by Crippen LogP contribution is -2.49. The molecule has 0 aromatic carbocycles. The van der Waals surface area contributed by atoms with Gasteiger partial charge in [-0.3, -0.25) is 0 Å². The van der Waals surface area contributed by atoms with Gasteiger partial charge in [-0.05, 0) is 27.2 Å². The summed E-state index contributed by atoms with van der Waals surface area (Å²) in [4.78, 5) is 14.4. The molecule has 18 heavy (non-hydrogen) atoms. The zero-order chi connectivity index (χ0) is 13.7. The van der Waals surface area contributed by atoms with Crippen molar-refractivity contribution in [2.75, 3.05) is 33.0 Å². The first-order valence-corrected chi connectivity index (χ1v) is 7.54. The zero-order valence-electron chi connectivity index (χ0n) is 11.0. The van der Waals surface area contributed by atoms with Crippen LogP contribution in [0.3, 0.4) is 0 Å². The van der Waals surface area contributed by atoms with Crippen LogP contribution < -0.4 is 0 Å². The van der Waals surface area contributed by atoms with Crippen LogP contribution in [0, 0.1) is 0 Å². The number of aliphatic hydroxyl groups is 1. The fourth-order valence-electron chi connectivity index (χ4n) is 0.769. The average Bonchev–Trinajstić information content (AvgIpc) is 2.40. The maximum absolute atomic E-state index is 8.71. The van der Waals surface area contributed by atoms with Gasteiger partial charge in [-0.2, -0.15) is 13.7 Å². The number of hydrogen-bond acceptors (Lipinski definition) is 8. The third kappa shape index (κ3) is 8.08. The molecule has 0 fully saturated rings. The maximum atomic E-state index is 8.71. The largest absolute Gasteiger partial charge is 0.764 e. The van der Waals surface area contributed by atoms with E-state index in [1.807, 2.05) is 0 Å². The third-order valence-electron chi connectivity index (χ3n) is 1.42. The van der Waals surface area contributed by atoms with Gasteiger partial charge in [0.05, 0.1) is 19.8 Å². The Labute approximate surface area is 108 Å². The van der Waals surface area contributed by atoms with E-state index in [1.54, 1.807) is 20.8 Å². The van der Waals surface area contributed by atoms with Crippen molar-refractivity contribution >= 4 is 9.05 Å². The molecule has 0 aromatic rings. The summed E-state index contributed by atoms with van der Waals surface area (Å²) in [6.45, 7) is 6.17. The molecular formula is C9H22O8Si. The third-order valence-corrected chi connectivity index (χ3v) is 2.94. The fourth-order valence-corrected chi connectivity index (χ4v) is 2.18. The van der Waals surface area contributed by atoms with Crippen molar-refractivity contribution in [2.45, 2.75) is 27.2 Å². The second-order valence-electron chi connectivity index (χ2n) is 2.90. The normalized spacial score (nSPS) is 12.0. The van der Waals surface area contributed by atoms with Crippen molar-refractivity contribution in [3.05, 3.63) is 0 Å². The molecule has 0 saturated heterocycles. The van der Waals surface area contributed by atoms with Gasteiger partial charge < -0.3 is 9.53 Å². The Kier molecular flexibility index (Phi) is 11.9. The van der Waals surface area contributed by atoms with Crippen molar-refractivity contribution in [3.8, 4) is 0 Å². The van der Waals surface area contributed by atoms with Crippen LogP contribution in [-0.2, 0) is 32.8 Å². The smallest absolute Gasteiger partial charge is 0.396 e. The zero-order valence-corrected chi connectivity index (χ0v) is 12.0. The Bertz CT molecular complexity index is 160. The second-order valence-corrected chi connectivity index (χ2v) is 4.68. The molecule has 0 aliphatic rings. The van der Waals surface area contributed by atoms with Crippen molar-refractivity contribution in [2.24, 2.45) is 0 Å². The summed E-state index contributed by atoms with van der Waals surface area (Å²) in [7, 11) is -3.67. The highest BCUT2D eigenvalue weighted by Crippen LogP contribution is 2.14. The Hall–Kier alpha value is -0.103. The summed E-state index contributed by atoms with van der Waals surface area (Å²) in [5, 5.41) is 8.71. The van der Waals surface area contributed by atoms with Crippen LogP contribution in [0.5, 0.6) is 0 Å². The van der Waals surface area contributed by atoms with Crippen LogP contribution in [0.2, 0.25) is 0 Å². The molecule has 0 heterocycles. The number of hydrogen-bond donors (Lipinski definition) is 1. The molecule has 8 nitrogen and oxygen atoms in total. The van der Waals surface area contributed by atoms with Crippen molar-refractivity contribution in [1.82, 2.24) is 0 Å². The summed E-state index contributed by atoms with van der Waals surface area (Å²) in [6.07, 6.45) is 0.398. The van der Waals surface area contributed by atoms with Gasteiger partial charge in [-0.1, -0.05) is 0 Å². The van der Waals surface area contributed by atoms with E-state index in [2.05, 4.69) is 0 Å². The summed E-state index contributed by atoms with van der Waals surface area (Å²) in [6, 6.07) is 0. The van der Waals surface area contributed by atoms with E-state index in [4.69, 9.17) is 37.9 Å². The van der Waals surface area contributed by atoms with E-state index in [0.29, 0.717) is 6.42 Å². The van der Waals surface area contributed by atoms with Crippen molar-refractivity contribution in [1.29, 1.82) is 0 Å². The van der Waals surface area contributed by atoms with E-state index in [9.17, 15) is 0 Å². The minimum Gasteiger partial charge on any atom is -0.396 e. The Morgan fingerprint density at radius 3 is 1.61 bits per heavy atom. The first-order chi connectivity index (χ1) is 8.74. The summed E-state index contributed by atoms with van der Waals surface area (Å²) >= 11 is 0. The minimum absolute atomic E-state index is 0.0254. The van der Waals surface area contributed by atoms with E-state index in [1.165, 1.54) is 0 Å². The summed E-state index contributed by atoms with van der Waals surface area (Å²) < 4.78 is 20.2. The fraction of sp³-hybridized carbons (Fsp3) is 1.00.